The predicted molar refractivity (Wildman–Crippen MR) is 103 cm³/mol. The number of rotatable bonds is 3. The molecule has 0 aliphatic heterocycles. The number of fused-ring (bicyclic) bond motifs is 2. The molecule has 5 aromatic rings. The fraction of sp³-hybridized carbons (Fsp3) is 0.0500. The van der Waals surface area contributed by atoms with Crippen LogP contribution in [-0.4, -0.2) is 25.0 Å². The number of aromatic nitrogens is 5. The number of H-pyrrole nitrogens is 2. The topological polar surface area (TPSA) is 88.6 Å². The Morgan fingerprint density at radius 1 is 1.00 bits per heavy atom. The van der Waals surface area contributed by atoms with Crippen LogP contribution in [0.1, 0.15) is 0 Å². The number of nitrogens with one attached hydrogen (secondary N) is 2. The maximum Gasteiger partial charge on any atom is 0.276 e. The standard InChI is InChI=1S/C20H13F2N5O2/c1-27-9-14(12-7-24-26-18(12)20(27)28)11-3-4-16-13(8-23-25-16)19(11)29-17-5-2-10(21)6-15(17)22/h2-9H,1H3,(H,23,25)(H,24,26). The van der Waals surface area contributed by atoms with E-state index in [1.54, 1.807) is 31.7 Å². The summed E-state index contributed by atoms with van der Waals surface area (Å²) in [6.45, 7) is 0. The Hall–Kier alpha value is -4.01. The van der Waals surface area contributed by atoms with Gasteiger partial charge in [0.25, 0.3) is 5.56 Å². The Morgan fingerprint density at radius 3 is 2.62 bits per heavy atom. The van der Waals surface area contributed by atoms with Crippen molar-refractivity contribution in [3.8, 4) is 22.6 Å². The molecule has 0 unspecified atom stereocenters. The average Bonchev–Trinajstić information content (AvgIpc) is 3.37. The number of pyridine rings is 1. The molecular weight excluding hydrogens is 380 g/mol. The first kappa shape index (κ1) is 17.1. The van der Waals surface area contributed by atoms with Crippen LogP contribution in [0.25, 0.3) is 32.9 Å². The number of hydrogen-bond acceptors (Lipinski definition) is 4. The second kappa shape index (κ2) is 6.26. The van der Waals surface area contributed by atoms with Crippen molar-refractivity contribution >= 4 is 21.8 Å². The van der Waals surface area contributed by atoms with Crippen molar-refractivity contribution in [2.75, 3.05) is 0 Å². The van der Waals surface area contributed by atoms with Crippen molar-refractivity contribution in [2.24, 2.45) is 7.05 Å². The lowest BCUT2D eigenvalue weighted by molar-refractivity contribution is 0.443. The van der Waals surface area contributed by atoms with Crippen LogP contribution in [0.2, 0.25) is 0 Å². The zero-order valence-electron chi connectivity index (χ0n) is 15.0. The fourth-order valence-electron chi connectivity index (χ4n) is 3.35. The van der Waals surface area contributed by atoms with Crippen molar-refractivity contribution in [1.29, 1.82) is 0 Å². The molecule has 2 N–H and O–H groups in total. The van der Waals surface area contributed by atoms with Crippen LogP contribution in [-0.2, 0) is 7.05 Å². The lowest BCUT2D eigenvalue weighted by Gasteiger charge is -2.14. The Bertz CT molecular complexity index is 1450. The largest absolute Gasteiger partial charge is 0.453 e. The van der Waals surface area contributed by atoms with E-state index in [-0.39, 0.29) is 11.3 Å². The Kier molecular flexibility index (Phi) is 3.70. The molecule has 0 saturated carbocycles. The van der Waals surface area contributed by atoms with Crippen molar-refractivity contribution in [2.45, 2.75) is 0 Å². The molecule has 7 nitrogen and oxygen atoms in total. The molecule has 9 heteroatoms. The zero-order valence-corrected chi connectivity index (χ0v) is 15.0. The summed E-state index contributed by atoms with van der Waals surface area (Å²) in [6.07, 6.45) is 4.77. The number of aryl methyl sites for hydroxylation is 1. The van der Waals surface area contributed by atoms with Gasteiger partial charge >= 0.3 is 0 Å². The highest BCUT2D eigenvalue weighted by Gasteiger charge is 2.19. The molecule has 0 bridgehead atoms. The molecule has 144 valence electrons. The van der Waals surface area contributed by atoms with Gasteiger partial charge in [-0.15, -0.1) is 0 Å². The average molecular weight is 393 g/mol. The van der Waals surface area contributed by atoms with E-state index in [0.29, 0.717) is 38.7 Å². The zero-order chi connectivity index (χ0) is 20.1. The van der Waals surface area contributed by atoms with Crippen molar-refractivity contribution in [3.63, 3.8) is 0 Å². The molecule has 0 aliphatic carbocycles. The number of benzene rings is 2. The van der Waals surface area contributed by atoms with E-state index < -0.39 is 11.6 Å². The molecule has 3 aromatic heterocycles. The molecule has 0 atom stereocenters. The van der Waals surface area contributed by atoms with Gasteiger partial charge < -0.3 is 9.30 Å². The molecule has 29 heavy (non-hydrogen) atoms. The monoisotopic (exact) mass is 393 g/mol. The molecule has 0 aliphatic rings. The predicted octanol–water partition coefficient (Wildman–Crippen LogP) is 3.88. The number of aromatic amines is 2. The van der Waals surface area contributed by atoms with Gasteiger partial charge in [-0.2, -0.15) is 10.2 Å². The highest BCUT2D eigenvalue weighted by atomic mass is 19.1. The maximum absolute atomic E-state index is 14.3. The Balaban J connectivity index is 1.80. The third-order valence-corrected chi connectivity index (χ3v) is 4.76. The van der Waals surface area contributed by atoms with Crippen molar-refractivity contribution < 1.29 is 13.5 Å². The van der Waals surface area contributed by atoms with Crippen LogP contribution in [0.4, 0.5) is 8.78 Å². The van der Waals surface area contributed by atoms with Gasteiger partial charge in [-0.05, 0) is 24.3 Å². The first-order valence-corrected chi connectivity index (χ1v) is 8.65. The third-order valence-electron chi connectivity index (χ3n) is 4.76. The first-order chi connectivity index (χ1) is 14.0. The smallest absolute Gasteiger partial charge is 0.276 e. The SMILES string of the molecule is Cn1cc(-c2ccc3[nH]ncc3c2Oc2ccc(F)cc2F)c2cn[nH]c2c1=O. The first-order valence-electron chi connectivity index (χ1n) is 8.65. The summed E-state index contributed by atoms with van der Waals surface area (Å²) in [5.74, 6) is -1.34. The minimum absolute atomic E-state index is 0.130. The Labute approximate surface area is 161 Å². The van der Waals surface area contributed by atoms with E-state index in [1.807, 2.05) is 6.07 Å². The van der Waals surface area contributed by atoms with E-state index in [1.165, 1.54) is 10.6 Å². The van der Waals surface area contributed by atoms with Gasteiger partial charge in [0.1, 0.15) is 17.1 Å². The van der Waals surface area contributed by atoms with Crippen LogP contribution in [0.3, 0.4) is 0 Å². The van der Waals surface area contributed by atoms with Gasteiger partial charge in [0.15, 0.2) is 11.6 Å². The minimum atomic E-state index is -0.828. The van der Waals surface area contributed by atoms with Crippen molar-refractivity contribution in [1.82, 2.24) is 25.0 Å². The highest BCUT2D eigenvalue weighted by molar-refractivity contribution is 6.00. The normalized spacial score (nSPS) is 11.4. The summed E-state index contributed by atoms with van der Waals surface area (Å²) in [5.41, 5.74) is 2.06. The number of nitrogens with zero attached hydrogens (tertiary/aromatic N) is 3. The Morgan fingerprint density at radius 2 is 1.79 bits per heavy atom. The molecule has 5 rings (SSSR count). The molecule has 0 amide bonds. The fourth-order valence-corrected chi connectivity index (χ4v) is 3.35. The van der Waals surface area contributed by atoms with Crippen LogP contribution in [0, 0.1) is 11.6 Å². The lowest BCUT2D eigenvalue weighted by atomic mass is 10.0. The van der Waals surface area contributed by atoms with E-state index in [9.17, 15) is 13.6 Å². The quantitative estimate of drug-likeness (QED) is 0.487. The van der Waals surface area contributed by atoms with Gasteiger partial charge in [0, 0.05) is 35.8 Å². The maximum atomic E-state index is 14.3. The summed E-state index contributed by atoms with van der Waals surface area (Å²) in [5, 5.41) is 14.8. The van der Waals surface area contributed by atoms with Crippen molar-refractivity contribution in [3.05, 3.63) is 70.9 Å². The number of hydrogen-bond donors (Lipinski definition) is 2. The highest BCUT2D eigenvalue weighted by Crippen LogP contribution is 2.41. The summed E-state index contributed by atoms with van der Waals surface area (Å²) >= 11 is 0. The molecule has 0 fully saturated rings. The van der Waals surface area contributed by atoms with E-state index >= 15 is 0 Å². The minimum Gasteiger partial charge on any atom is -0.453 e. The second-order valence-corrected chi connectivity index (χ2v) is 6.57. The van der Waals surface area contributed by atoms with E-state index in [0.717, 1.165) is 12.1 Å². The molecular formula is C20H13F2N5O2. The van der Waals surface area contributed by atoms with E-state index in [4.69, 9.17) is 4.74 Å². The molecule has 3 heterocycles. The van der Waals surface area contributed by atoms with E-state index in [2.05, 4.69) is 20.4 Å². The van der Waals surface area contributed by atoms with Gasteiger partial charge in [-0.25, -0.2) is 8.78 Å². The van der Waals surface area contributed by atoms with Crippen LogP contribution >= 0.6 is 0 Å². The number of ether oxygens (including phenoxy) is 1. The third kappa shape index (κ3) is 2.66. The van der Waals surface area contributed by atoms with Gasteiger partial charge in [-0.3, -0.25) is 15.0 Å². The van der Waals surface area contributed by atoms with Gasteiger partial charge in [0.05, 0.1) is 23.3 Å². The summed E-state index contributed by atoms with van der Waals surface area (Å²) in [7, 11) is 1.63. The summed E-state index contributed by atoms with van der Waals surface area (Å²) in [4.78, 5) is 12.4. The van der Waals surface area contributed by atoms with Crippen LogP contribution in [0.5, 0.6) is 11.5 Å². The lowest BCUT2D eigenvalue weighted by Crippen LogP contribution is -2.16. The molecule has 0 spiro atoms. The second-order valence-electron chi connectivity index (χ2n) is 6.57. The van der Waals surface area contributed by atoms with Crippen LogP contribution < -0.4 is 10.3 Å². The summed E-state index contributed by atoms with van der Waals surface area (Å²) < 4.78 is 34.9. The molecule has 0 saturated heterocycles. The van der Waals surface area contributed by atoms with Gasteiger partial charge in [-0.1, -0.05) is 0 Å². The molecule has 0 radical (unpaired) electrons. The van der Waals surface area contributed by atoms with Crippen LogP contribution in [0.15, 0.2) is 53.7 Å². The van der Waals surface area contributed by atoms with Gasteiger partial charge in [0.2, 0.25) is 0 Å². The molecule has 2 aromatic carbocycles. The number of halogens is 2. The summed E-state index contributed by atoms with van der Waals surface area (Å²) in [6, 6.07) is 6.69.